The highest BCUT2D eigenvalue weighted by Crippen LogP contribution is 2.24. The van der Waals surface area contributed by atoms with Crippen LogP contribution < -0.4 is 0 Å². The first-order valence-corrected chi connectivity index (χ1v) is 5.48. The third-order valence-corrected chi connectivity index (χ3v) is 2.62. The Labute approximate surface area is 98.7 Å². The van der Waals surface area contributed by atoms with Crippen LogP contribution in [0.5, 0.6) is 0 Å². The molecule has 1 heterocycles. The first-order chi connectivity index (χ1) is 7.31. The summed E-state index contributed by atoms with van der Waals surface area (Å²) in [6.45, 7) is 0. The van der Waals surface area contributed by atoms with Gasteiger partial charge in [-0.3, -0.25) is 4.98 Å². The Kier molecular flexibility index (Phi) is 3.24. The Morgan fingerprint density at radius 2 is 1.87 bits per heavy atom. The van der Waals surface area contributed by atoms with Gasteiger partial charge in [-0.1, -0.05) is 41.9 Å². The zero-order valence-corrected chi connectivity index (χ0v) is 9.46. The molecule has 0 aliphatic rings. The first-order valence-electron chi connectivity index (χ1n) is 4.57. The van der Waals surface area contributed by atoms with E-state index in [0.29, 0.717) is 10.9 Å². The lowest BCUT2D eigenvalue weighted by Crippen LogP contribution is -1.90. The largest absolute Gasteiger partial charge is 0.254 e. The monoisotopic (exact) mass is 237 g/mol. The number of benzene rings is 1. The normalized spacial score (nSPS) is 10.3. The molecule has 0 saturated heterocycles. The highest BCUT2D eigenvalue weighted by atomic mass is 35.5. The number of nitrogens with zero attached hydrogens (tertiary/aromatic N) is 1. The van der Waals surface area contributed by atoms with Crippen LogP contribution in [0, 0.1) is 0 Å². The van der Waals surface area contributed by atoms with Gasteiger partial charge < -0.3 is 0 Å². The minimum atomic E-state index is 0.414. The van der Waals surface area contributed by atoms with Crippen molar-refractivity contribution in [3.8, 4) is 11.3 Å². The van der Waals surface area contributed by atoms with Crippen LogP contribution in [0.1, 0.15) is 5.56 Å². The molecule has 0 atom stereocenters. The summed E-state index contributed by atoms with van der Waals surface area (Å²) in [6.07, 6.45) is 1.64. The Balaban J connectivity index is 2.53. The van der Waals surface area contributed by atoms with Gasteiger partial charge in [0, 0.05) is 17.6 Å². The van der Waals surface area contributed by atoms with Crippen molar-refractivity contribution in [2.75, 3.05) is 0 Å². The zero-order chi connectivity index (χ0) is 10.7. The van der Waals surface area contributed by atoms with E-state index < -0.39 is 0 Å². The van der Waals surface area contributed by atoms with Gasteiger partial charge >= 0.3 is 0 Å². The Bertz CT molecular complexity index is 454. The lowest BCUT2D eigenvalue weighted by Gasteiger charge is -2.06. The molecule has 0 aliphatic carbocycles. The van der Waals surface area contributed by atoms with Crippen LogP contribution in [0.3, 0.4) is 0 Å². The summed E-state index contributed by atoms with van der Waals surface area (Å²) in [5.74, 6) is 0.414. The second-order valence-electron chi connectivity index (χ2n) is 3.16. The van der Waals surface area contributed by atoms with E-state index in [1.54, 1.807) is 6.20 Å². The summed E-state index contributed by atoms with van der Waals surface area (Å²) >= 11 is 11.7. The number of rotatable bonds is 2. The van der Waals surface area contributed by atoms with E-state index in [1.165, 1.54) is 0 Å². The van der Waals surface area contributed by atoms with Gasteiger partial charge in [0.05, 0.1) is 10.7 Å². The van der Waals surface area contributed by atoms with Gasteiger partial charge in [-0.15, -0.1) is 11.6 Å². The third-order valence-electron chi connectivity index (χ3n) is 2.12. The molecule has 0 spiro atoms. The van der Waals surface area contributed by atoms with Crippen molar-refractivity contribution in [1.82, 2.24) is 4.98 Å². The molecule has 2 rings (SSSR count). The maximum absolute atomic E-state index is 5.86. The van der Waals surface area contributed by atoms with E-state index in [0.717, 1.165) is 16.8 Å². The smallest absolute Gasteiger partial charge is 0.0747 e. The van der Waals surface area contributed by atoms with Crippen molar-refractivity contribution in [2.24, 2.45) is 0 Å². The summed E-state index contributed by atoms with van der Waals surface area (Å²) in [5.41, 5.74) is 2.91. The lowest BCUT2D eigenvalue weighted by molar-refractivity contribution is 1.25. The van der Waals surface area contributed by atoms with E-state index in [1.807, 2.05) is 36.4 Å². The maximum Gasteiger partial charge on any atom is 0.0747 e. The molecule has 1 aromatic carbocycles. The molecule has 1 nitrogen and oxygen atoms in total. The molecule has 0 unspecified atom stereocenters. The maximum atomic E-state index is 5.86. The molecule has 0 N–H and O–H groups in total. The van der Waals surface area contributed by atoms with Gasteiger partial charge in [0.2, 0.25) is 0 Å². The van der Waals surface area contributed by atoms with E-state index in [2.05, 4.69) is 4.98 Å². The topological polar surface area (TPSA) is 12.9 Å². The van der Waals surface area contributed by atoms with Crippen LogP contribution in [-0.2, 0) is 5.88 Å². The average molecular weight is 238 g/mol. The molecule has 2 aromatic rings. The summed E-state index contributed by atoms with van der Waals surface area (Å²) in [6, 6.07) is 11.8. The zero-order valence-electron chi connectivity index (χ0n) is 7.95. The highest BCUT2D eigenvalue weighted by Gasteiger charge is 2.05. The van der Waals surface area contributed by atoms with E-state index in [-0.39, 0.29) is 0 Å². The fourth-order valence-electron chi connectivity index (χ4n) is 1.44. The molecule has 1 aromatic heterocycles. The van der Waals surface area contributed by atoms with Gasteiger partial charge in [-0.05, 0) is 11.6 Å². The van der Waals surface area contributed by atoms with Crippen molar-refractivity contribution in [3.63, 3.8) is 0 Å². The van der Waals surface area contributed by atoms with E-state index in [4.69, 9.17) is 23.2 Å². The van der Waals surface area contributed by atoms with Crippen molar-refractivity contribution >= 4 is 23.2 Å². The van der Waals surface area contributed by atoms with Gasteiger partial charge in [0.25, 0.3) is 0 Å². The molecule has 0 fully saturated rings. The van der Waals surface area contributed by atoms with E-state index >= 15 is 0 Å². The molecule has 3 heteroatoms. The molecule has 76 valence electrons. The number of aromatic nitrogens is 1. The van der Waals surface area contributed by atoms with Gasteiger partial charge in [0.1, 0.15) is 0 Å². The lowest BCUT2D eigenvalue weighted by atomic mass is 10.1. The quantitative estimate of drug-likeness (QED) is 0.716. The van der Waals surface area contributed by atoms with Gasteiger partial charge in [0.15, 0.2) is 0 Å². The second kappa shape index (κ2) is 4.65. The second-order valence-corrected chi connectivity index (χ2v) is 3.86. The fraction of sp³-hybridized carbons (Fsp3) is 0.0833. The fourth-order valence-corrected chi connectivity index (χ4v) is 1.82. The number of pyridine rings is 1. The number of hydrogen-bond acceptors (Lipinski definition) is 1. The number of alkyl halides is 1. The van der Waals surface area contributed by atoms with Crippen LogP contribution in [0.4, 0.5) is 0 Å². The standard InChI is InChI=1S/C12H9Cl2N/c13-7-10-6-11(14)8-15-12(10)9-4-2-1-3-5-9/h1-6,8H,7H2. The molecule has 0 amide bonds. The summed E-state index contributed by atoms with van der Waals surface area (Å²) in [5, 5.41) is 0.616. The summed E-state index contributed by atoms with van der Waals surface area (Å²) < 4.78 is 0. The molecular weight excluding hydrogens is 229 g/mol. The Morgan fingerprint density at radius 3 is 2.53 bits per heavy atom. The third kappa shape index (κ3) is 2.31. The van der Waals surface area contributed by atoms with Gasteiger partial charge in [-0.2, -0.15) is 0 Å². The van der Waals surface area contributed by atoms with Crippen molar-refractivity contribution in [3.05, 3.63) is 53.2 Å². The molecular formula is C12H9Cl2N. The molecule has 0 saturated carbocycles. The highest BCUT2D eigenvalue weighted by molar-refractivity contribution is 6.30. The van der Waals surface area contributed by atoms with Gasteiger partial charge in [-0.25, -0.2) is 0 Å². The SMILES string of the molecule is ClCc1cc(Cl)cnc1-c1ccccc1. The van der Waals surface area contributed by atoms with Crippen LogP contribution in [0.25, 0.3) is 11.3 Å². The minimum Gasteiger partial charge on any atom is -0.254 e. The Hall–Kier alpha value is -1.05. The molecule has 0 bridgehead atoms. The predicted octanol–water partition coefficient (Wildman–Crippen LogP) is 4.14. The van der Waals surface area contributed by atoms with Crippen LogP contribution in [0.2, 0.25) is 5.02 Å². The predicted molar refractivity (Wildman–Crippen MR) is 64.2 cm³/mol. The van der Waals surface area contributed by atoms with Crippen molar-refractivity contribution < 1.29 is 0 Å². The molecule has 0 aliphatic heterocycles. The summed E-state index contributed by atoms with van der Waals surface area (Å²) in [7, 11) is 0. The Morgan fingerprint density at radius 1 is 1.13 bits per heavy atom. The van der Waals surface area contributed by atoms with E-state index in [9.17, 15) is 0 Å². The number of halogens is 2. The summed E-state index contributed by atoms with van der Waals surface area (Å²) in [4.78, 5) is 4.30. The first kappa shape index (κ1) is 10.5. The van der Waals surface area contributed by atoms with Crippen LogP contribution in [0.15, 0.2) is 42.6 Å². The van der Waals surface area contributed by atoms with Crippen molar-refractivity contribution in [2.45, 2.75) is 5.88 Å². The molecule has 0 radical (unpaired) electrons. The number of hydrogen-bond donors (Lipinski definition) is 0. The van der Waals surface area contributed by atoms with Crippen LogP contribution >= 0.6 is 23.2 Å². The van der Waals surface area contributed by atoms with Crippen LogP contribution in [-0.4, -0.2) is 4.98 Å². The molecule has 15 heavy (non-hydrogen) atoms. The van der Waals surface area contributed by atoms with Crippen molar-refractivity contribution in [1.29, 1.82) is 0 Å². The minimum absolute atomic E-state index is 0.414. The average Bonchev–Trinajstić information content (AvgIpc) is 2.30.